The Bertz CT molecular complexity index is 5240. The number of phenolic OH excluding ortho intramolecular Hbond substituents is 3. The van der Waals surface area contributed by atoms with Crippen molar-refractivity contribution in [1.29, 1.82) is 0 Å². The Labute approximate surface area is 733 Å². The predicted octanol–water partition coefficient (Wildman–Crippen LogP) is 7.13. The van der Waals surface area contributed by atoms with Crippen LogP contribution in [0, 0.1) is 17.8 Å². The van der Waals surface area contributed by atoms with Gasteiger partial charge in [0.25, 0.3) is 0 Å². The molecule has 36 heteroatoms. The molecule has 7 aliphatic heterocycles. The number of ether oxygens (including phenoxy) is 7. The van der Waals surface area contributed by atoms with E-state index in [9.17, 15) is 65.4 Å². The van der Waals surface area contributed by atoms with Crippen molar-refractivity contribution >= 4 is 81.9 Å². The molecule has 11 bridgehead atoms. The van der Waals surface area contributed by atoms with E-state index in [0.717, 1.165) is 53.1 Å². The zero-order valence-corrected chi connectivity index (χ0v) is 71.3. The monoisotopic (exact) mass is 1790 g/mol. The molecule has 668 valence electrons. The van der Waals surface area contributed by atoms with Crippen molar-refractivity contribution in [3.8, 4) is 68.2 Å². The van der Waals surface area contributed by atoms with Crippen LogP contribution in [0.25, 0.3) is 22.3 Å². The number of carbonyl (C=O) groups is 8. The number of nitrogens with one attached hydrogen (secondary N) is 6. The number of carboxylic acids is 1. The Morgan fingerprint density at radius 2 is 1.32 bits per heavy atom. The van der Waals surface area contributed by atoms with E-state index < -0.39 is 257 Å². The van der Waals surface area contributed by atoms with Crippen molar-refractivity contribution in [2.75, 3.05) is 13.7 Å². The number of ketones is 2. The molecule has 20 N–H and O–H groups in total. The second kappa shape index (κ2) is 38.2. The summed E-state index contributed by atoms with van der Waals surface area (Å²) >= 11 is 20.9. The number of likely N-dealkylation sites (N-methyl/N-ethyl adjacent to an activating group) is 1. The lowest BCUT2D eigenvalue weighted by atomic mass is 9.74. The molecule has 3 fully saturated rings. The molecule has 33 nitrogen and oxygen atoms in total. The number of phenols is 3. The SMILES string of the molecule is CN[C@H](CC(C)C)C(=O)N[C@H]1C(=O)C[C@@H](CC(N)=O)C(=O)N[C@H]2C(=O)C[C@H]3C(=O)N[C@@H](C(=O)N[C@H](C(=O)O)c4cc(O)cc(O)c4-c4cc3ccc4O)[C@H](OC3CC(C)C(O)C(C)(N)C3)c3ccc(c(Cl)c3)Oc3cc2cc(c3OC2OC(CO)C(O)C(O)C2OC2CC(C)(NCc3ccc(-c4ccc(Cl)cc4)cc3)C(O)C(C)O2)Oc2ccc(cc2Cl)[C@H]1O. The number of aliphatic hydroxyl groups is 6. The molecule has 8 aliphatic rings. The molecule has 7 aromatic rings. The number of halogens is 3. The van der Waals surface area contributed by atoms with Crippen LogP contribution in [0.3, 0.4) is 0 Å². The summed E-state index contributed by atoms with van der Waals surface area (Å²) in [5.41, 5.74) is 10.5. The molecule has 7 aromatic carbocycles. The maximum atomic E-state index is 16.7. The quantitative estimate of drug-likeness (QED) is 0.0382. The summed E-state index contributed by atoms with van der Waals surface area (Å²) in [6.07, 6.45) is -22.3. The van der Waals surface area contributed by atoms with E-state index in [1.807, 2.05) is 50.2 Å². The first-order valence-electron chi connectivity index (χ1n) is 40.9. The standard InChI is InChI=1S/C89H101Cl3N8O25/c1-38(2)22-57(95-7)84(115)99-72-60(105)27-48(30-67(93)107)82(113)97-70-47-28-64(121-62-20-15-45(74(72)108)25-55(62)91)78(125-87-79(76(110)75(109)66(37-101)123-87)124-68-35-89(6,81(112)40(4)119-68)96-36-41-8-10-42(11-9-41)43-12-17-49(90)18-13-43)65(29-47)122-63-21-16-46(26-56(63)92)77(120-51-23-39(3)80(111)88(5,94)34-51)73-85(116)98-71(86(117)118)54-31-50(102)32-59(104)69(54)53-24-44(14-19-58(53)103)52(33-61(70)106)83(114)100-73/h8-21,24-26,28-29,31-32,38-40,48,51-52,57,66,68,70-77,79-81,87,95-96,101-104,108-112H,22-23,27,30,33-37,94H2,1-7H3,(H2,93,107)(H,97,113)(H,98,116)(H,99,115)(H,100,114)(H,117,118)/t39?,40?,48-,51?,52+,57+,66?,68?,70+,71-,72-,73+,74+,75?,76?,77+,79?,80?,81?,87?,88?,89?/m0/s1. The molecule has 22 atom stereocenters. The largest absolute Gasteiger partial charge is 0.508 e. The summed E-state index contributed by atoms with van der Waals surface area (Å²) in [6, 6.07) is 20.4. The van der Waals surface area contributed by atoms with E-state index >= 15 is 24.0 Å². The highest BCUT2D eigenvalue weighted by molar-refractivity contribution is 6.32. The molecule has 0 spiro atoms. The summed E-state index contributed by atoms with van der Waals surface area (Å²) < 4.78 is 47.2. The number of aliphatic hydroxyl groups excluding tert-OH is 6. The van der Waals surface area contributed by atoms with Gasteiger partial charge in [0.2, 0.25) is 41.6 Å². The van der Waals surface area contributed by atoms with Crippen LogP contribution in [0.5, 0.6) is 46.0 Å². The zero-order valence-electron chi connectivity index (χ0n) is 69.0. The third kappa shape index (κ3) is 20.3. The molecule has 13 unspecified atom stereocenters. The maximum absolute atomic E-state index is 16.7. The fourth-order valence-electron chi connectivity index (χ4n) is 17.3. The van der Waals surface area contributed by atoms with Gasteiger partial charge in [-0.05, 0) is 165 Å². The first kappa shape index (κ1) is 92.5. The van der Waals surface area contributed by atoms with Gasteiger partial charge in [0.1, 0.15) is 77.4 Å². The molecular weight excluding hydrogens is 1690 g/mol. The summed E-state index contributed by atoms with van der Waals surface area (Å²) in [5, 5.41) is 134. The van der Waals surface area contributed by atoms with Crippen LogP contribution in [-0.4, -0.2) is 202 Å². The van der Waals surface area contributed by atoms with Crippen molar-refractivity contribution in [3.05, 3.63) is 176 Å². The Kier molecular flexibility index (Phi) is 28.3. The topological polar surface area (TPSA) is 528 Å². The molecular formula is C89H101Cl3N8O25. The molecule has 7 heterocycles. The van der Waals surface area contributed by atoms with Gasteiger partial charge in [0.15, 0.2) is 41.5 Å². The summed E-state index contributed by atoms with van der Waals surface area (Å²) in [6.45, 7) is 9.49. The number of aliphatic carboxylic acids is 1. The zero-order chi connectivity index (χ0) is 90.3. The van der Waals surface area contributed by atoms with Gasteiger partial charge < -0.3 is 128 Å². The first-order valence-corrected chi connectivity index (χ1v) is 42.0. The minimum absolute atomic E-state index is 0.0505. The molecule has 2 saturated heterocycles. The molecule has 15 rings (SSSR count). The Morgan fingerprint density at radius 3 is 1.94 bits per heavy atom. The van der Waals surface area contributed by atoms with Crippen LogP contribution >= 0.6 is 34.8 Å². The van der Waals surface area contributed by atoms with Gasteiger partial charge >= 0.3 is 5.97 Å². The molecule has 1 aliphatic carbocycles. The number of carboxylic acid groups (broad SMARTS) is 1. The van der Waals surface area contributed by atoms with E-state index in [1.54, 1.807) is 39.8 Å². The fourth-order valence-corrected chi connectivity index (χ4v) is 17.8. The lowest BCUT2D eigenvalue weighted by Gasteiger charge is -2.48. The third-order valence-corrected chi connectivity index (χ3v) is 24.8. The number of aromatic hydroxyl groups is 3. The smallest absolute Gasteiger partial charge is 0.330 e. The summed E-state index contributed by atoms with van der Waals surface area (Å²) in [5.74, 6) is -19.0. The molecule has 1 saturated carbocycles. The number of Topliss-reactive ketones (excluding diaryl/α,β-unsaturated/α-hetero) is 2. The molecule has 0 radical (unpaired) electrons. The lowest BCUT2D eigenvalue weighted by molar-refractivity contribution is -0.334. The van der Waals surface area contributed by atoms with Gasteiger partial charge in [-0.25, -0.2) is 4.79 Å². The van der Waals surface area contributed by atoms with Crippen LogP contribution in [-0.2, 0) is 63.8 Å². The maximum Gasteiger partial charge on any atom is 0.330 e. The van der Waals surface area contributed by atoms with Gasteiger partial charge in [-0.1, -0.05) is 110 Å². The number of primary amides is 1. The minimum Gasteiger partial charge on any atom is -0.508 e. The van der Waals surface area contributed by atoms with Gasteiger partial charge in [0, 0.05) is 71.1 Å². The number of hydrogen-bond donors (Lipinski definition) is 18. The van der Waals surface area contributed by atoms with Crippen molar-refractivity contribution in [2.24, 2.45) is 29.2 Å². The number of fused-ring (bicyclic) bond motifs is 15. The molecule has 0 aromatic heterocycles. The van der Waals surface area contributed by atoms with Crippen molar-refractivity contribution in [1.82, 2.24) is 31.9 Å². The van der Waals surface area contributed by atoms with Crippen LogP contribution in [0.15, 0.2) is 127 Å². The average Bonchev–Trinajstić information content (AvgIpc) is 0.617. The Hall–Kier alpha value is -10.2. The summed E-state index contributed by atoms with van der Waals surface area (Å²) in [4.78, 5) is 122. The van der Waals surface area contributed by atoms with E-state index in [4.69, 9.17) is 79.4 Å². The molecule has 5 amide bonds. The van der Waals surface area contributed by atoms with Gasteiger partial charge in [-0.15, -0.1) is 0 Å². The first-order chi connectivity index (χ1) is 59.2. The Morgan fingerprint density at radius 1 is 0.680 bits per heavy atom. The van der Waals surface area contributed by atoms with Crippen molar-refractivity contribution in [2.45, 2.75) is 214 Å². The highest BCUT2D eigenvalue weighted by Gasteiger charge is 2.53. The average molecular weight is 1790 g/mol. The van der Waals surface area contributed by atoms with Crippen LogP contribution < -0.4 is 57.6 Å². The van der Waals surface area contributed by atoms with E-state index in [-0.39, 0.29) is 81.9 Å². The minimum atomic E-state index is -2.25. The van der Waals surface area contributed by atoms with Gasteiger partial charge in [-0.2, -0.15) is 0 Å². The van der Waals surface area contributed by atoms with Gasteiger partial charge in [0.05, 0.1) is 58.9 Å². The number of benzene rings is 7. The van der Waals surface area contributed by atoms with Crippen molar-refractivity contribution in [3.63, 3.8) is 0 Å². The predicted molar refractivity (Wildman–Crippen MR) is 451 cm³/mol. The second-order valence-corrected chi connectivity index (χ2v) is 35.1. The van der Waals surface area contributed by atoms with E-state index in [1.165, 1.54) is 49.5 Å². The fraction of sp³-hybridized carbons (Fsp3) is 0.438. The van der Waals surface area contributed by atoms with Crippen LogP contribution in [0.4, 0.5) is 0 Å². The highest BCUT2D eigenvalue weighted by atomic mass is 35.5. The van der Waals surface area contributed by atoms with E-state index in [2.05, 4.69) is 31.9 Å². The van der Waals surface area contributed by atoms with E-state index in [0.29, 0.717) is 5.02 Å². The number of hydrogen-bond acceptors (Lipinski definition) is 27. The number of amides is 5. The Balaban J connectivity index is 1.02. The number of nitrogens with two attached hydrogens (primary N) is 2. The van der Waals surface area contributed by atoms with Crippen LogP contribution in [0.1, 0.15) is 150 Å². The second-order valence-electron chi connectivity index (χ2n) is 33.9. The van der Waals surface area contributed by atoms with Crippen molar-refractivity contribution < 1.29 is 123 Å². The summed E-state index contributed by atoms with van der Waals surface area (Å²) in [7, 11) is 1.50. The third-order valence-electron chi connectivity index (χ3n) is 24.0. The normalized spacial score (nSPS) is 29.9. The molecule has 125 heavy (non-hydrogen) atoms. The van der Waals surface area contributed by atoms with Gasteiger partial charge in [-0.3, -0.25) is 33.6 Å². The van der Waals surface area contributed by atoms with Crippen LogP contribution in [0.2, 0.25) is 15.1 Å². The lowest BCUT2D eigenvalue weighted by Crippen LogP contribution is -2.65. The number of rotatable bonds is 19. The highest BCUT2D eigenvalue weighted by Crippen LogP contribution is 2.51. The number of carbonyl (C=O) groups excluding carboxylic acids is 7.